The fourth-order valence-corrected chi connectivity index (χ4v) is 2.05. The minimum Gasteiger partial charge on any atom is -0.354 e. The topological polar surface area (TPSA) is 84.2 Å². The van der Waals surface area contributed by atoms with Crippen molar-refractivity contribution in [3.05, 3.63) is 35.9 Å². The molecule has 0 heterocycles. The van der Waals surface area contributed by atoms with E-state index in [9.17, 15) is 9.59 Å². The van der Waals surface area contributed by atoms with Gasteiger partial charge < -0.3 is 16.4 Å². The van der Waals surface area contributed by atoms with Gasteiger partial charge in [-0.3, -0.25) is 9.59 Å². The molecule has 0 aliphatic heterocycles. The second-order valence-electron chi connectivity index (χ2n) is 5.76. The van der Waals surface area contributed by atoms with Crippen molar-refractivity contribution in [2.45, 2.75) is 45.7 Å². The van der Waals surface area contributed by atoms with E-state index >= 15 is 0 Å². The van der Waals surface area contributed by atoms with E-state index < -0.39 is 6.04 Å². The Kier molecular flexibility index (Phi) is 7.60. The Balaban J connectivity index is 2.68. The highest BCUT2D eigenvalue weighted by atomic mass is 16.2. The third-order valence-corrected chi connectivity index (χ3v) is 3.72. The lowest BCUT2D eigenvalue weighted by atomic mass is 9.97. The number of nitrogens with one attached hydrogen (secondary N) is 2. The molecule has 0 fully saturated rings. The number of carbonyl (C=O) groups excluding carboxylic acids is 2. The van der Waals surface area contributed by atoms with Gasteiger partial charge in [-0.2, -0.15) is 0 Å². The number of benzene rings is 1. The molecule has 0 aliphatic carbocycles. The highest BCUT2D eigenvalue weighted by molar-refractivity contribution is 5.97. The van der Waals surface area contributed by atoms with E-state index in [1.54, 1.807) is 24.3 Å². The van der Waals surface area contributed by atoms with Crippen LogP contribution in [0.25, 0.3) is 0 Å². The summed E-state index contributed by atoms with van der Waals surface area (Å²) in [5.74, 6) is -0.324. The number of rotatable bonds is 8. The summed E-state index contributed by atoms with van der Waals surface area (Å²) in [7, 11) is 0. The van der Waals surface area contributed by atoms with Crippen molar-refractivity contribution in [2.24, 2.45) is 11.7 Å². The average molecular weight is 305 g/mol. The molecule has 0 aromatic heterocycles. The van der Waals surface area contributed by atoms with E-state index in [0.29, 0.717) is 18.5 Å². The minimum atomic E-state index is -0.536. The lowest BCUT2D eigenvalue weighted by molar-refractivity contribution is -0.124. The quantitative estimate of drug-likeness (QED) is 0.683. The Morgan fingerprint density at radius 3 is 2.36 bits per heavy atom. The zero-order chi connectivity index (χ0) is 16.5. The first-order chi connectivity index (χ1) is 10.5. The highest BCUT2D eigenvalue weighted by Crippen LogP contribution is 2.09. The van der Waals surface area contributed by atoms with Crippen LogP contribution in [-0.2, 0) is 4.79 Å². The van der Waals surface area contributed by atoms with E-state index in [2.05, 4.69) is 10.6 Å². The summed E-state index contributed by atoms with van der Waals surface area (Å²) in [5, 5.41) is 5.69. The van der Waals surface area contributed by atoms with Crippen LogP contribution in [0.3, 0.4) is 0 Å². The molecule has 0 spiro atoms. The highest BCUT2D eigenvalue weighted by Gasteiger charge is 2.25. The monoisotopic (exact) mass is 305 g/mol. The molecule has 0 radical (unpaired) electrons. The average Bonchev–Trinajstić information content (AvgIpc) is 2.51. The second-order valence-corrected chi connectivity index (χ2v) is 5.76. The van der Waals surface area contributed by atoms with E-state index in [0.717, 1.165) is 6.42 Å². The zero-order valence-electron chi connectivity index (χ0n) is 13.6. The van der Waals surface area contributed by atoms with E-state index in [4.69, 9.17) is 5.73 Å². The molecule has 2 amide bonds. The van der Waals surface area contributed by atoms with Crippen LogP contribution in [0.2, 0.25) is 0 Å². The maximum absolute atomic E-state index is 12.3. The van der Waals surface area contributed by atoms with Crippen LogP contribution >= 0.6 is 0 Å². The molecule has 0 bridgehead atoms. The molecule has 0 saturated heterocycles. The van der Waals surface area contributed by atoms with Gasteiger partial charge in [-0.25, -0.2) is 0 Å². The molecule has 22 heavy (non-hydrogen) atoms. The van der Waals surface area contributed by atoms with Crippen molar-refractivity contribution >= 4 is 11.8 Å². The van der Waals surface area contributed by atoms with Crippen LogP contribution in [0.4, 0.5) is 0 Å². The Hall–Kier alpha value is -1.88. The predicted molar refractivity (Wildman–Crippen MR) is 88.4 cm³/mol. The standard InChI is InChI=1S/C17H27N3O2/c1-4-12(2)15(17(22)19-11-10-13(3)18)20-16(21)14-8-6-5-7-9-14/h5-9,12-13,15H,4,10-11,18H2,1-3H3,(H,19,22)(H,20,21). The summed E-state index contributed by atoms with van der Waals surface area (Å²) in [5.41, 5.74) is 6.23. The van der Waals surface area contributed by atoms with Gasteiger partial charge in [0.25, 0.3) is 5.91 Å². The molecule has 3 unspecified atom stereocenters. The van der Waals surface area contributed by atoms with Crippen molar-refractivity contribution in [2.75, 3.05) is 6.54 Å². The largest absolute Gasteiger partial charge is 0.354 e. The van der Waals surface area contributed by atoms with Crippen LogP contribution < -0.4 is 16.4 Å². The summed E-state index contributed by atoms with van der Waals surface area (Å²) in [4.78, 5) is 24.6. The van der Waals surface area contributed by atoms with Crippen molar-refractivity contribution in [3.63, 3.8) is 0 Å². The molecule has 3 atom stereocenters. The van der Waals surface area contributed by atoms with Gasteiger partial charge in [0.05, 0.1) is 0 Å². The van der Waals surface area contributed by atoms with Crippen LogP contribution in [0.5, 0.6) is 0 Å². The van der Waals surface area contributed by atoms with Crippen molar-refractivity contribution < 1.29 is 9.59 Å². The summed E-state index contributed by atoms with van der Waals surface area (Å²) in [6.07, 6.45) is 1.52. The summed E-state index contributed by atoms with van der Waals surface area (Å²) in [6.45, 7) is 6.38. The molecular weight excluding hydrogens is 278 g/mol. The van der Waals surface area contributed by atoms with Gasteiger partial charge in [0, 0.05) is 18.2 Å². The number of hydrogen-bond donors (Lipinski definition) is 3. The summed E-state index contributed by atoms with van der Waals surface area (Å²) >= 11 is 0. The lowest BCUT2D eigenvalue weighted by Crippen LogP contribution is -2.50. The van der Waals surface area contributed by atoms with Crippen LogP contribution in [0.1, 0.15) is 44.0 Å². The molecular formula is C17H27N3O2. The lowest BCUT2D eigenvalue weighted by Gasteiger charge is -2.23. The van der Waals surface area contributed by atoms with Crippen molar-refractivity contribution in [1.29, 1.82) is 0 Å². The number of hydrogen-bond acceptors (Lipinski definition) is 3. The van der Waals surface area contributed by atoms with Gasteiger partial charge in [-0.1, -0.05) is 38.5 Å². The Labute approximate surface area is 132 Å². The SMILES string of the molecule is CCC(C)C(NC(=O)c1ccccc1)C(=O)NCCC(C)N. The first kappa shape index (κ1) is 18.2. The Morgan fingerprint density at radius 1 is 1.18 bits per heavy atom. The van der Waals surface area contributed by atoms with Gasteiger partial charge in [0.15, 0.2) is 0 Å². The van der Waals surface area contributed by atoms with E-state index in [1.165, 1.54) is 0 Å². The molecule has 1 rings (SSSR count). The number of nitrogens with two attached hydrogens (primary N) is 1. The maximum Gasteiger partial charge on any atom is 0.251 e. The molecule has 5 nitrogen and oxygen atoms in total. The smallest absolute Gasteiger partial charge is 0.251 e. The first-order valence-corrected chi connectivity index (χ1v) is 7.84. The fraction of sp³-hybridized carbons (Fsp3) is 0.529. The Morgan fingerprint density at radius 2 is 1.82 bits per heavy atom. The zero-order valence-corrected chi connectivity index (χ0v) is 13.6. The van der Waals surface area contributed by atoms with Gasteiger partial charge in [-0.05, 0) is 31.4 Å². The van der Waals surface area contributed by atoms with Crippen molar-refractivity contribution in [1.82, 2.24) is 10.6 Å². The van der Waals surface area contributed by atoms with Crippen LogP contribution in [0.15, 0.2) is 30.3 Å². The normalized spacial score (nSPS) is 14.7. The third kappa shape index (κ3) is 5.85. The van der Waals surface area contributed by atoms with Gasteiger partial charge >= 0.3 is 0 Å². The second kappa shape index (κ2) is 9.20. The van der Waals surface area contributed by atoms with Gasteiger partial charge in [-0.15, -0.1) is 0 Å². The van der Waals surface area contributed by atoms with Crippen LogP contribution in [-0.4, -0.2) is 30.4 Å². The van der Waals surface area contributed by atoms with E-state index in [1.807, 2.05) is 26.8 Å². The molecule has 122 valence electrons. The summed E-state index contributed by atoms with van der Waals surface area (Å²) < 4.78 is 0. The van der Waals surface area contributed by atoms with Crippen molar-refractivity contribution in [3.8, 4) is 0 Å². The number of amides is 2. The summed E-state index contributed by atoms with van der Waals surface area (Å²) in [6, 6.07) is 8.43. The van der Waals surface area contributed by atoms with Gasteiger partial charge in [0.2, 0.25) is 5.91 Å². The fourth-order valence-electron chi connectivity index (χ4n) is 2.05. The maximum atomic E-state index is 12.3. The third-order valence-electron chi connectivity index (χ3n) is 3.72. The predicted octanol–water partition coefficient (Wildman–Crippen LogP) is 1.68. The van der Waals surface area contributed by atoms with E-state index in [-0.39, 0.29) is 23.8 Å². The first-order valence-electron chi connectivity index (χ1n) is 7.84. The molecule has 4 N–H and O–H groups in total. The molecule has 0 aliphatic rings. The Bertz CT molecular complexity index is 474. The molecule has 0 saturated carbocycles. The van der Waals surface area contributed by atoms with Gasteiger partial charge in [0.1, 0.15) is 6.04 Å². The minimum absolute atomic E-state index is 0.0428. The molecule has 5 heteroatoms. The molecule has 1 aromatic carbocycles. The van der Waals surface area contributed by atoms with Crippen LogP contribution in [0, 0.1) is 5.92 Å². The molecule has 1 aromatic rings. The number of carbonyl (C=O) groups is 2.